The molecule has 0 aliphatic heterocycles. The molecule has 2 aromatic rings. The van der Waals surface area contributed by atoms with E-state index in [-0.39, 0.29) is 0 Å². The number of ether oxygens (including phenoxy) is 2. The first-order valence-corrected chi connectivity index (χ1v) is 8.65. The molecule has 0 atom stereocenters. The number of fused-ring (bicyclic) bond motifs is 1. The van der Waals surface area contributed by atoms with Gasteiger partial charge in [-0.2, -0.15) is 0 Å². The van der Waals surface area contributed by atoms with Crippen LogP contribution in [-0.2, 0) is 12.8 Å². The Hall–Kier alpha value is -1.48. The van der Waals surface area contributed by atoms with Gasteiger partial charge < -0.3 is 9.47 Å². The average molecular weight is 361 g/mol. The zero-order valence-electron chi connectivity index (χ0n) is 12.9. The molecule has 2 nitrogen and oxygen atoms in total. The Morgan fingerprint density at radius 1 is 0.955 bits per heavy atom. The third kappa shape index (κ3) is 3.83. The summed E-state index contributed by atoms with van der Waals surface area (Å²) in [6.07, 6.45) is 4.56. The molecule has 116 valence electrons. The van der Waals surface area contributed by atoms with Crippen LogP contribution in [0.25, 0.3) is 0 Å². The maximum absolute atomic E-state index is 5.83. The summed E-state index contributed by atoms with van der Waals surface area (Å²) in [6, 6.07) is 12.6. The lowest BCUT2D eigenvalue weighted by atomic mass is 10.1. The third-order valence-corrected chi connectivity index (χ3v) is 4.59. The van der Waals surface area contributed by atoms with Crippen molar-refractivity contribution in [2.75, 3.05) is 13.2 Å². The summed E-state index contributed by atoms with van der Waals surface area (Å²) in [5.74, 6) is 1.88. The minimum atomic E-state index is 0.659. The van der Waals surface area contributed by atoms with E-state index in [0.29, 0.717) is 13.2 Å². The monoisotopic (exact) mass is 360 g/mol. The molecule has 0 radical (unpaired) electrons. The van der Waals surface area contributed by atoms with Gasteiger partial charge in [-0.1, -0.05) is 12.1 Å². The summed E-state index contributed by atoms with van der Waals surface area (Å²) >= 11 is 3.53. The summed E-state index contributed by atoms with van der Waals surface area (Å²) in [4.78, 5) is 0. The van der Waals surface area contributed by atoms with Crippen molar-refractivity contribution >= 4 is 15.9 Å². The Morgan fingerprint density at radius 2 is 1.77 bits per heavy atom. The van der Waals surface area contributed by atoms with E-state index in [1.807, 2.05) is 6.07 Å². The van der Waals surface area contributed by atoms with Crippen LogP contribution in [0.2, 0.25) is 0 Å². The number of benzene rings is 2. The fraction of sp³-hybridized carbons (Fsp3) is 0.368. The van der Waals surface area contributed by atoms with E-state index in [1.54, 1.807) is 0 Å². The summed E-state index contributed by atoms with van der Waals surface area (Å²) in [5.41, 5.74) is 4.16. The van der Waals surface area contributed by atoms with Gasteiger partial charge in [-0.25, -0.2) is 0 Å². The molecule has 0 bridgehead atoms. The molecule has 0 aromatic heterocycles. The molecule has 0 saturated carbocycles. The highest BCUT2D eigenvalue weighted by Gasteiger charge is 2.11. The van der Waals surface area contributed by atoms with Crippen LogP contribution < -0.4 is 9.47 Å². The van der Waals surface area contributed by atoms with E-state index in [9.17, 15) is 0 Å². The van der Waals surface area contributed by atoms with Crippen LogP contribution >= 0.6 is 15.9 Å². The molecule has 0 saturated heterocycles. The lowest BCUT2D eigenvalue weighted by Crippen LogP contribution is -2.05. The largest absolute Gasteiger partial charge is 0.493 e. The first-order valence-electron chi connectivity index (χ1n) is 7.86. The summed E-state index contributed by atoms with van der Waals surface area (Å²) in [5, 5.41) is 0. The minimum Gasteiger partial charge on any atom is -0.493 e. The summed E-state index contributed by atoms with van der Waals surface area (Å²) in [6.45, 7) is 3.41. The van der Waals surface area contributed by atoms with Crippen LogP contribution in [0.4, 0.5) is 0 Å². The maximum Gasteiger partial charge on any atom is 0.133 e. The first-order chi connectivity index (χ1) is 10.7. The van der Waals surface area contributed by atoms with Crippen LogP contribution in [0.1, 0.15) is 29.5 Å². The molecule has 0 spiro atoms. The van der Waals surface area contributed by atoms with Crippen molar-refractivity contribution in [1.82, 2.24) is 0 Å². The third-order valence-electron chi connectivity index (χ3n) is 3.97. The van der Waals surface area contributed by atoms with Gasteiger partial charge in [0.1, 0.15) is 11.5 Å². The molecule has 0 N–H and O–H groups in total. The second-order valence-electron chi connectivity index (χ2n) is 5.77. The molecule has 3 rings (SSSR count). The summed E-state index contributed by atoms with van der Waals surface area (Å²) < 4.78 is 12.6. The van der Waals surface area contributed by atoms with E-state index in [0.717, 1.165) is 22.4 Å². The van der Waals surface area contributed by atoms with E-state index >= 15 is 0 Å². The van der Waals surface area contributed by atoms with Gasteiger partial charge in [0.15, 0.2) is 0 Å². The molecule has 22 heavy (non-hydrogen) atoms. The number of hydrogen-bond acceptors (Lipinski definition) is 2. The van der Waals surface area contributed by atoms with Crippen LogP contribution in [0.15, 0.2) is 40.9 Å². The van der Waals surface area contributed by atoms with Gasteiger partial charge in [-0.15, -0.1) is 0 Å². The van der Waals surface area contributed by atoms with Gasteiger partial charge in [-0.05, 0) is 83.1 Å². The van der Waals surface area contributed by atoms with Crippen LogP contribution in [0, 0.1) is 6.92 Å². The Kier molecular flexibility index (Phi) is 5.04. The quantitative estimate of drug-likeness (QED) is 0.667. The number of halogens is 1. The van der Waals surface area contributed by atoms with Gasteiger partial charge >= 0.3 is 0 Å². The van der Waals surface area contributed by atoms with Crippen molar-refractivity contribution in [3.63, 3.8) is 0 Å². The topological polar surface area (TPSA) is 18.5 Å². The fourth-order valence-electron chi connectivity index (χ4n) is 2.79. The van der Waals surface area contributed by atoms with Gasteiger partial charge in [-0.3, -0.25) is 0 Å². The first kappa shape index (κ1) is 15.4. The second kappa shape index (κ2) is 7.19. The molecule has 1 aliphatic rings. The van der Waals surface area contributed by atoms with E-state index in [1.165, 1.54) is 36.0 Å². The average Bonchev–Trinajstić information content (AvgIpc) is 2.96. The van der Waals surface area contributed by atoms with Gasteiger partial charge in [0, 0.05) is 6.42 Å². The Bertz CT molecular complexity index is 652. The van der Waals surface area contributed by atoms with Crippen LogP contribution in [-0.4, -0.2) is 13.2 Å². The predicted octanol–water partition coefficient (Wildman–Crippen LogP) is 5.09. The molecule has 0 heterocycles. The standard InChI is InChI=1S/C19H21BrO2/c1-14-6-9-19(18(20)12-14)22-11-3-10-21-17-8-7-15-4-2-5-16(15)13-17/h6-9,12-13H,2-5,10-11H2,1H3. The van der Waals surface area contributed by atoms with Gasteiger partial charge in [0.2, 0.25) is 0 Å². The van der Waals surface area contributed by atoms with Crippen molar-refractivity contribution in [1.29, 1.82) is 0 Å². The van der Waals surface area contributed by atoms with Crippen molar-refractivity contribution in [3.8, 4) is 11.5 Å². The number of hydrogen-bond donors (Lipinski definition) is 0. The molecule has 3 heteroatoms. The van der Waals surface area contributed by atoms with Crippen molar-refractivity contribution in [2.24, 2.45) is 0 Å². The zero-order chi connectivity index (χ0) is 15.4. The minimum absolute atomic E-state index is 0.659. The molecular weight excluding hydrogens is 340 g/mol. The van der Waals surface area contributed by atoms with E-state index < -0.39 is 0 Å². The Balaban J connectivity index is 1.42. The molecule has 0 fully saturated rings. The molecule has 0 amide bonds. The normalized spacial score (nSPS) is 13.0. The van der Waals surface area contributed by atoms with Crippen LogP contribution in [0.3, 0.4) is 0 Å². The highest BCUT2D eigenvalue weighted by Crippen LogP contribution is 2.27. The molecule has 2 aromatic carbocycles. The lowest BCUT2D eigenvalue weighted by Gasteiger charge is -2.10. The van der Waals surface area contributed by atoms with Crippen molar-refractivity contribution in [3.05, 3.63) is 57.6 Å². The Morgan fingerprint density at radius 3 is 2.64 bits per heavy atom. The highest BCUT2D eigenvalue weighted by molar-refractivity contribution is 9.10. The fourth-order valence-corrected chi connectivity index (χ4v) is 3.40. The smallest absolute Gasteiger partial charge is 0.133 e. The van der Waals surface area contributed by atoms with Crippen molar-refractivity contribution < 1.29 is 9.47 Å². The van der Waals surface area contributed by atoms with Gasteiger partial charge in [0.05, 0.1) is 17.7 Å². The zero-order valence-corrected chi connectivity index (χ0v) is 14.5. The van der Waals surface area contributed by atoms with Crippen LogP contribution in [0.5, 0.6) is 11.5 Å². The van der Waals surface area contributed by atoms with E-state index in [2.05, 4.69) is 53.2 Å². The number of rotatable bonds is 6. The second-order valence-corrected chi connectivity index (χ2v) is 6.62. The van der Waals surface area contributed by atoms with Gasteiger partial charge in [0.25, 0.3) is 0 Å². The Labute approximate surface area is 140 Å². The maximum atomic E-state index is 5.83. The molecule has 1 aliphatic carbocycles. The van der Waals surface area contributed by atoms with Crippen molar-refractivity contribution in [2.45, 2.75) is 32.6 Å². The predicted molar refractivity (Wildman–Crippen MR) is 93.0 cm³/mol. The lowest BCUT2D eigenvalue weighted by molar-refractivity contribution is 0.246. The molecule has 0 unspecified atom stereocenters. The SMILES string of the molecule is Cc1ccc(OCCCOc2ccc3c(c2)CCC3)c(Br)c1. The highest BCUT2D eigenvalue weighted by atomic mass is 79.9. The summed E-state index contributed by atoms with van der Waals surface area (Å²) in [7, 11) is 0. The van der Waals surface area contributed by atoms with E-state index in [4.69, 9.17) is 9.47 Å². The molecular formula is C19H21BrO2. The number of aryl methyl sites for hydroxylation is 3.